The minimum atomic E-state index is -0.301. The number of ether oxygens (including phenoxy) is 1. The Bertz CT molecular complexity index is 371. The van der Waals surface area contributed by atoms with E-state index in [0.29, 0.717) is 18.2 Å². The van der Waals surface area contributed by atoms with Crippen LogP contribution in [0.4, 0.5) is 0 Å². The molecule has 1 heterocycles. The fourth-order valence-corrected chi connectivity index (χ4v) is 2.05. The fraction of sp³-hybridized carbons (Fsp3) is 0.692. The van der Waals surface area contributed by atoms with Gasteiger partial charge in [-0.2, -0.15) is 5.10 Å². The number of aromatic amines is 1. The molecule has 4 heteroatoms. The van der Waals surface area contributed by atoms with Crippen LogP contribution in [0.1, 0.15) is 55.9 Å². The van der Waals surface area contributed by atoms with Crippen molar-refractivity contribution < 1.29 is 9.53 Å². The summed E-state index contributed by atoms with van der Waals surface area (Å²) in [6.45, 7) is 8.42. The maximum atomic E-state index is 11.6. The average Bonchev–Trinajstić information content (AvgIpc) is 2.74. The van der Waals surface area contributed by atoms with Gasteiger partial charge in [0.25, 0.3) is 0 Å². The number of rotatable bonds is 2. The summed E-state index contributed by atoms with van der Waals surface area (Å²) in [6, 6.07) is 0. The number of aromatic nitrogens is 2. The molecular weight excluding hydrogens is 216 g/mol. The summed E-state index contributed by atoms with van der Waals surface area (Å²) in [5, 5.41) is 7.00. The smallest absolute Gasteiger partial charge is 0.359 e. The summed E-state index contributed by atoms with van der Waals surface area (Å²) in [6.07, 6.45) is 3.04. The molecule has 1 N–H and O–H groups in total. The van der Waals surface area contributed by atoms with Gasteiger partial charge >= 0.3 is 5.97 Å². The van der Waals surface area contributed by atoms with Crippen LogP contribution in [0.3, 0.4) is 0 Å². The van der Waals surface area contributed by atoms with Crippen molar-refractivity contribution in [3.63, 3.8) is 0 Å². The van der Waals surface area contributed by atoms with Crippen molar-refractivity contribution in [3.8, 4) is 0 Å². The molecule has 1 aliphatic rings. The van der Waals surface area contributed by atoms with Crippen LogP contribution in [0.2, 0.25) is 0 Å². The van der Waals surface area contributed by atoms with E-state index in [9.17, 15) is 4.79 Å². The third-order valence-electron chi connectivity index (χ3n) is 2.86. The highest BCUT2D eigenvalue weighted by Crippen LogP contribution is 2.26. The van der Waals surface area contributed by atoms with E-state index < -0.39 is 0 Å². The highest BCUT2D eigenvalue weighted by atomic mass is 16.5. The lowest BCUT2D eigenvalue weighted by atomic mass is 9.88. The molecule has 0 spiro atoms. The van der Waals surface area contributed by atoms with E-state index in [1.54, 1.807) is 6.92 Å². The van der Waals surface area contributed by atoms with Gasteiger partial charge < -0.3 is 4.74 Å². The first-order valence-electron chi connectivity index (χ1n) is 6.45. The summed E-state index contributed by atoms with van der Waals surface area (Å²) in [5.41, 5.74) is 2.65. The predicted octanol–water partition coefficient (Wildman–Crippen LogP) is 2.74. The summed E-state index contributed by atoms with van der Waals surface area (Å²) < 4.78 is 4.96. The molecule has 17 heavy (non-hydrogen) atoms. The third kappa shape index (κ3) is 3.08. The van der Waals surface area contributed by atoms with Crippen molar-refractivity contribution in [2.75, 3.05) is 6.61 Å². The van der Waals surface area contributed by atoms with E-state index in [1.165, 1.54) is 0 Å². The topological polar surface area (TPSA) is 55.0 Å². The zero-order chi connectivity index (χ0) is 12.8. The summed E-state index contributed by atoms with van der Waals surface area (Å²) in [7, 11) is 0. The van der Waals surface area contributed by atoms with Crippen LogP contribution in [0.5, 0.6) is 0 Å². The molecule has 0 radical (unpaired) electrons. The van der Waals surface area contributed by atoms with Gasteiger partial charge in [0.1, 0.15) is 0 Å². The Morgan fingerprint density at radius 3 is 2.88 bits per heavy atom. The number of carbonyl (C=O) groups excluding carboxylic acids is 1. The molecule has 0 saturated heterocycles. The second kappa shape index (κ2) is 6.42. The Hall–Kier alpha value is -1.32. The first-order valence-corrected chi connectivity index (χ1v) is 6.45. The van der Waals surface area contributed by atoms with Crippen molar-refractivity contribution >= 4 is 5.97 Å². The lowest BCUT2D eigenvalue weighted by Gasteiger charge is -2.17. The largest absolute Gasteiger partial charge is 0.461 e. The number of hydrogen-bond acceptors (Lipinski definition) is 3. The fourth-order valence-electron chi connectivity index (χ4n) is 2.05. The van der Waals surface area contributed by atoms with Gasteiger partial charge in [-0.3, -0.25) is 5.10 Å². The van der Waals surface area contributed by atoms with Crippen LogP contribution < -0.4 is 0 Å². The molecule has 1 atom stereocenters. The lowest BCUT2D eigenvalue weighted by molar-refractivity contribution is 0.0518. The highest BCUT2D eigenvalue weighted by molar-refractivity contribution is 5.89. The van der Waals surface area contributed by atoms with E-state index >= 15 is 0 Å². The van der Waals surface area contributed by atoms with Gasteiger partial charge in [-0.1, -0.05) is 20.8 Å². The van der Waals surface area contributed by atoms with Gasteiger partial charge in [0, 0.05) is 11.3 Å². The van der Waals surface area contributed by atoms with E-state index in [0.717, 1.165) is 30.5 Å². The van der Waals surface area contributed by atoms with Gasteiger partial charge in [-0.15, -0.1) is 0 Å². The molecule has 0 amide bonds. The van der Waals surface area contributed by atoms with E-state index in [4.69, 9.17) is 4.74 Å². The van der Waals surface area contributed by atoms with Gasteiger partial charge in [-0.25, -0.2) is 4.79 Å². The van der Waals surface area contributed by atoms with Crippen LogP contribution >= 0.6 is 0 Å². The molecule has 0 saturated carbocycles. The number of nitrogens with one attached hydrogen (secondary N) is 1. The summed E-state index contributed by atoms with van der Waals surface area (Å²) in [5.74, 6) is 0.373. The SMILES string of the molecule is CC.CCOC(=O)c1n[nH]c2c1CCC(C)C2. The molecule has 1 aromatic rings. The molecule has 0 fully saturated rings. The Balaban J connectivity index is 0.000000686. The van der Waals surface area contributed by atoms with Crippen molar-refractivity contribution in [2.24, 2.45) is 5.92 Å². The van der Waals surface area contributed by atoms with E-state index in [-0.39, 0.29) is 5.97 Å². The Morgan fingerprint density at radius 2 is 2.24 bits per heavy atom. The van der Waals surface area contributed by atoms with Crippen molar-refractivity contribution in [2.45, 2.75) is 47.0 Å². The zero-order valence-electron chi connectivity index (χ0n) is 11.2. The minimum absolute atomic E-state index is 0.301. The molecule has 4 nitrogen and oxygen atoms in total. The van der Waals surface area contributed by atoms with Gasteiger partial charge in [0.15, 0.2) is 5.69 Å². The standard InChI is InChI=1S/C11H16N2O2.C2H6/c1-3-15-11(14)10-8-5-4-7(2)6-9(8)12-13-10;1-2/h7H,3-6H2,1-2H3,(H,12,13);1-2H3. The number of carbonyl (C=O) groups is 1. The highest BCUT2D eigenvalue weighted by Gasteiger charge is 2.24. The molecule has 0 aromatic carbocycles. The summed E-state index contributed by atoms with van der Waals surface area (Å²) in [4.78, 5) is 11.6. The first-order chi connectivity index (χ1) is 8.22. The molecule has 2 rings (SSSR count). The van der Waals surface area contributed by atoms with Crippen molar-refractivity contribution in [1.29, 1.82) is 0 Å². The number of H-pyrrole nitrogens is 1. The maximum Gasteiger partial charge on any atom is 0.359 e. The van der Waals surface area contributed by atoms with Crippen LogP contribution in [-0.2, 0) is 17.6 Å². The molecule has 0 bridgehead atoms. The van der Waals surface area contributed by atoms with Gasteiger partial charge in [-0.05, 0) is 32.1 Å². The number of esters is 1. The molecule has 1 aromatic heterocycles. The molecular formula is C13H22N2O2. The number of hydrogen-bond donors (Lipinski definition) is 1. The lowest BCUT2D eigenvalue weighted by Crippen LogP contribution is -2.14. The monoisotopic (exact) mass is 238 g/mol. The van der Waals surface area contributed by atoms with E-state index in [1.807, 2.05) is 13.8 Å². The number of nitrogens with zero attached hydrogens (tertiary/aromatic N) is 1. The normalized spacial score (nSPS) is 17.8. The third-order valence-corrected chi connectivity index (χ3v) is 2.86. The Kier molecular flexibility index (Phi) is 5.19. The second-order valence-corrected chi connectivity index (χ2v) is 4.10. The van der Waals surface area contributed by atoms with Crippen molar-refractivity contribution in [3.05, 3.63) is 17.0 Å². The average molecular weight is 238 g/mol. The van der Waals surface area contributed by atoms with Gasteiger partial charge in [0.05, 0.1) is 6.61 Å². The Morgan fingerprint density at radius 1 is 1.53 bits per heavy atom. The van der Waals surface area contributed by atoms with Crippen LogP contribution in [0.15, 0.2) is 0 Å². The predicted molar refractivity (Wildman–Crippen MR) is 67.1 cm³/mol. The van der Waals surface area contributed by atoms with Crippen LogP contribution in [0, 0.1) is 5.92 Å². The second-order valence-electron chi connectivity index (χ2n) is 4.10. The van der Waals surface area contributed by atoms with Gasteiger partial charge in [0.2, 0.25) is 0 Å². The molecule has 1 aliphatic carbocycles. The van der Waals surface area contributed by atoms with Crippen molar-refractivity contribution in [1.82, 2.24) is 10.2 Å². The summed E-state index contributed by atoms with van der Waals surface area (Å²) >= 11 is 0. The first kappa shape index (κ1) is 13.7. The van der Waals surface area contributed by atoms with Crippen LogP contribution in [0.25, 0.3) is 0 Å². The minimum Gasteiger partial charge on any atom is -0.461 e. The Labute approximate surface area is 103 Å². The molecule has 1 unspecified atom stereocenters. The van der Waals surface area contributed by atoms with E-state index in [2.05, 4.69) is 17.1 Å². The molecule has 96 valence electrons. The maximum absolute atomic E-state index is 11.6. The zero-order valence-corrected chi connectivity index (χ0v) is 11.2. The number of fused-ring (bicyclic) bond motifs is 1. The molecule has 0 aliphatic heterocycles. The quantitative estimate of drug-likeness (QED) is 0.806. The van der Waals surface area contributed by atoms with Crippen LogP contribution in [-0.4, -0.2) is 22.8 Å².